The van der Waals surface area contributed by atoms with Crippen molar-refractivity contribution >= 4 is 11.6 Å². The van der Waals surface area contributed by atoms with E-state index in [1.54, 1.807) is 13.8 Å². The van der Waals surface area contributed by atoms with Crippen LogP contribution in [0.5, 0.6) is 0 Å². The Labute approximate surface area is 72.1 Å². The maximum absolute atomic E-state index is 13.5. The Balaban J connectivity index is 4.32. The van der Waals surface area contributed by atoms with Crippen LogP contribution in [0.4, 0.5) is 4.39 Å². The largest absolute Gasteiger partial charge is 0.300 e. The summed E-state index contributed by atoms with van der Waals surface area (Å²) in [6.07, 6.45) is 0.0173. The highest BCUT2D eigenvalue weighted by Crippen LogP contribution is 2.22. The summed E-state index contributed by atoms with van der Waals surface area (Å²) in [4.78, 5) is 21.7. The van der Waals surface area contributed by atoms with Gasteiger partial charge in [-0.2, -0.15) is 0 Å². The summed E-state index contributed by atoms with van der Waals surface area (Å²) >= 11 is 0. The predicted molar refractivity (Wildman–Crippen MR) is 44.7 cm³/mol. The van der Waals surface area contributed by atoms with Crippen LogP contribution in [0, 0.1) is 0 Å². The van der Waals surface area contributed by atoms with Crippen LogP contribution >= 0.6 is 0 Å². The van der Waals surface area contributed by atoms with Crippen LogP contribution in [0.2, 0.25) is 0 Å². The molecule has 0 aliphatic carbocycles. The number of Topliss-reactive ketones (excluding diaryl/α,β-unsaturated/α-hetero) is 2. The highest BCUT2D eigenvalue weighted by atomic mass is 19.1. The zero-order valence-electron chi connectivity index (χ0n) is 7.82. The Morgan fingerprint density at radius 3 is 1.92 bits per heavy atom. The number of halogens is 1. The molecule has 2 nitrogen and oxygen atoms in total. The molecule has 0 unspecified atom stereocenters. The van der Waals surface area contributed by atoms with E-state index in [9.17, 15) is 14.0 Å². The van der Waals surface area contributed by atoms with Crippen molar-refractivity contribution in [3.05, 3.63) is 0 Å². The highest BCUT2D eigenvalue weighted by molar-refractivity contribution is 6.02. The molecule has 0 heterocycles. The van der Waals surface area contributed by atoms with Gasteiger partial charge in [0.1, 0.15) is 5.78 Å². The molecule has 0 spiro atoms. The summed E-state index contributed by atoms with van der Waals surface area (Å²) in [5.74, 6) is -0.857. The van der Waals surface area contributed by atoms with E-state index in [2.05, 4.69) is 0 Å². The van der Waals surface area contributed by atoms with E-state index < -0.39 is 11.5 Å². The monoisotopic (exact) mass is 174 g/mol. The first-order chi connectivity index (χ1) is 5.46. The van der Waals surface area contributed by atoms with Gasteiger partial charge in [-0.25, -0.2) is 4.39 Å². The second-order valence-electron chi connectivity index (χ2n) is 2.97. The third kappa shape index (κ3) is 2.72. The van der Waals surface area contributed by atoms with Gasteiger partial charge in [0.25, 0.3) is 0 Å². The lowest BCUT2D eigenvalue weighted by molar-refractivity contribution is -0.134. The number of rotatable bonds is 5. The van der Waals surface area contributed by atoms with E-state index in [0.29, 0.717) is 0 Å². The lowest BCUT2D eigenvalue weighted by Gasteiger charge is -2.19. The van der Waals surface area contributed by atoms with E-state index in [-0.39, 0.29) is 25.0 Å². The van der Waals surface area contributed by atoms with Crippen molar-refractivity contribution in [1.82, 2.24) is 0 Å². The fourth-order valence-corrected chi connectivity index (χ4v) is 1.03. The Morgan fingerprint density at radius 2 is 1.67 bits per heavy atom. The Kier molecular flexibility index (Phi) is 4.07. The molecule has 0 amide bonds. The number of hydrogen-bond donors (Lipinski definition) is 0. The molecule has 12 heavy (non-hydrogen) atoms. The van der Waals surface area contributed by atoms with Crippen LogP contribution in [-0.4, -0.2) is 17.2 Å². The van der Waals surface area contributed by atoms with Gasteiger partial charge in [0.15, 0.2) is 11.5 Å². The minimum Gasteiger partial charge on any atom is -0.300 e. The van der Waals surface area contributed by atoms with Gasteiger partial charge in [0.05, 0.1) is 6.42 Å². The molecular formula is C9H15FO2. The summed E-state index contributed by atoms with van der Waals surface area (Å²) in [6, 6.07) is 0. The molecule has 0 saturated heterocycles. The molecular weight excluding hydrogens is 159 g/mol. The maximum Gasteiger partial charge on any atom is 0.177 e. The molecule has 0 aromatic heterocycles. The van der Waals surface area contributed by atoms with Gasteiger partial charge in [0, 0.05) is 0 Å². The number of hydrogen-bond acceptors (Lipinski definition) is 2. The van der Waals surface area contributed by atoms with Crippen molar-refractivity contribution in [2.24, 2.45) is 0 Å². The van der Waals surface area contributed by atoms with Crippen molar-refractivity contribution in [3.63, 3.8) is 0 Å². The molecule has 0 aliphatic heterocycles. The van der Waals surface area contributed by atoms with Gasteiger partial charge >= 0.3 is 0 Å². The van der Waals surface area contributed by atoms with Crippen LogP contribution in [0.3, 0.4) is 0 Å². The Hall–Kier alpha value is -0.730. The normalized spacial score (nSPS) is 11.3. The first-order valence-corrected chi connectivity index (χ1v) is 4.18. The molecule has 0 rings (SSSR count). The van der Waals surface area contributed by atoms with Gasteiger partial charge in [-0.3, -0.25) is 9.59 Å². The van der Waals surface area contributed by atoms with Crippen LogP contribution in [0.25, 0.3) is 0 Å². The van der Waals surface area contributed by atoms with E-state index in [1.165, 1.54) is 6.92 Å². The molecule has 0 fully saturated rings. The molecule has 0 bridgehead atoms. The van der Waals surface area contributed by atoms with Crippen molar-refractivity contribution in [2.75, 3.05) is 0 Å². The second kappa shape index (κ2) is 4.33. The quantitative estimate of drug-likeness (QED) is 0.598. The fraction of sp³-hybridized carbons (Fsp3) is 0.778. The fourth-order valence-electron chi connectivity index (χ4n) is 1.03. The average molecular weight is 174 g/mol. The van der Waals surface area contributed by atoms with E-state index >= 15 is 0 Å². The Bertz CT molecular complexity index is 183. The maximum atomic E-state index is 13.5. The standard InChI is InChI=1S/C9H15FO2/c1-4-9(10,5-2)8(12)6-7(3)11/h4-6H2,1-3H3. The molecule has 0 N–H and O–H groups in total. The number of carbonyl (C=O) groups excluding carboxylic acids is 2. The van der Waals surface area contributed by atoms with Crippen molar-refractivity contribution in [1.29, 1.82) is 0 Å². The summed E-state index contributed by atoms with van der Waals surface area (Å²) in [5.41, 5.74) is -1.79. The van der Waals surface area contributed by atoms with E-state index in [1.807, 2.05) is 0 Å². The van der Waals surface area contributed by atoms with E-state index in [4.69, 9.17) is 0 Å². The van der Waals surface area contributed by atoms with Gasteiger partial charge < -0.3 is 0 Å². The van der Waals surface area contributed by atoms with Crippen molar-refractivity contribution < 1.29 is 14.0 Å². The van der Waals surface area contributed by atoms with Gasteiger partial charge in [-0.05, 0) is 19.8 Å². The summed E-state index contributed by atoms with van der Waals surface area (Å²) < 4.78 is 13.5. The Morgan fingerprint density at radius 1 is 1.25 bits per heavy atom. The van der Waals surface area contributed by atoms with Crippen LogP contribution in [0.1, 0.15) is 40.0 Å². The molecule has 0 saturated carbocycles. The lowest BCUT2D eigenvalue weighted by atomic mass is 9.91. The first-order valence-electron chi connectivity index (χ1n) is 4.18. The van der Waals surface area contributed by atoms with Crippen LogP contribution in [-0.2, 0) is 9.59 Å². The van der Waals surface area contributed by atoms with Gasteiger partial charge in [-0.15, -0.1) is 0 Å². The lowest BCUT2D eigenvalue weighted by Crippen LogP contribution is -2.33. The zero-order chi connectivity index (χ0) is 9.78. The highest BCUT2D eigenvalue weighted by Gasteiger charge is 2.34. The third-order valence-electron chi connectivity index (χ3n) is 2.03. The molecule has 0 aliphatic rings. The third-order valence-corrected chi connectivity index (χ3v) is 2.03. The zero-order valence-corrected chi connectivity index (χ0v) is 7.82. The second-order valence-corrected chi connectivity index (χ2v) is 2.97. The molecule has 0 aromatic rings. The number of alkyl halides is 1. The first kappa shape index (κ1) is 11.3. The van der Waals surface area contributed by atoms with Crippen molar-refractivity contribution in [2.45, 2.75) is 45.7 Å². The average Bonchev–Trinajstić information content (AvgIpc) is 2.02. The topological polar surface area (TPSA) is 34.1 Å². The van der Waals surface area contributed by atoms with Crippen molar-refractivity contribution in [3.8, 4) is 0 Å². The predicted octanol–water partition coefficient (Wildman–Crippen LogP) is 2.06. The van der Waals surface area contributed by atoms with Gasteiger partial charge in [0.2, 0.25) is 0 Å². The minimum absolute atomic E-state index is 0.148. The molecule has 0 radical (unpaired) electrons. The summed E-state index contributed by atoms with van der Waals surface area (Å²) in [5, 5.41) is 0. The minimum atomic E-state index is -1.79. The smallest absolute Gasteiger partial charge is 0.177 e. The molecule has 3 heteroatoms. The van der Waals surface area contributed by atoms with E-state index in [0.717, 1.165) is 0 Å². The van der Waals surface area contributed by atoms with Crippen LogP contribution < -0.4 is 0 Å². The SMILES string of the molecule is CCC(F)(CC)C(=O)CC(C)=O. The molecule has 70 valence electrons. The number of carbonyl (C=O) groups is 2. The summed E-state index contributed by atoms with van der Waals surface area (Å²) in [6.45, 7) is 4.52. The summed E-state index contributed by atoms with van der Waals surface area (Å²) in [7, 11) is 0. The number of ketones is 2. The van der Waals surface area contributed by atoms with Gasteiger partial charge in [-0.1, -0.05) is 13.8 Å². The molecule has 0 aromatic carbocycles. The van der Waals surface area contributed by atoms with Crippen LogP contribution in [0.15, 0.2) is 0 Å². The molecule has 0 atom stereocenters.